The Morgan fingerprint density at radius 2 is 2.00 bits per heavy atom. The van der Waals surface area contributed by atoms with E-state index in [9.17, 15) is 9.59 Å². The number of halogens is 2. The number of carbonyl (C=O) groups excluding carboxylic acids is 1. The predicted octanol–water partition coefficient (Wildman–Crippen LogP) is 3.40. The smallest absolute Gasteiger partial charge is 0.307 e. The lowest BCUT2D eigenvalue weighted by Gasteiger charge is -2.08. The van der Waals surface area contributed by atoms with E-state index in [1.165, 1.54) is 0 Å². The van der Waals surface area contributed by atoms with Crippen LogP contribution in [0.15, 0.2) is 22.7 Å². The molecular formula is C13H13BrClNO3. The molecule has 6 heteroatoms. The number of hydrogen-bond donors (Lipinski definition) is 2. The second-order valence-electron chi connectivity index (χ2n) is 5.23. The molecule has 1 amide bonds. The number of carboxylic acids is 1. The molecular weight excluding hydrogens is 334 g/mol. The molecule has 2 rings (SSSR count). The molecule has 2 N–H and O–H groups in total. The van der Waals surface area contributed by atoms with Crippen LogP contribution >= 0.6 is 27.5 Å². The minimum Gasteiger partial charge on any atom is -0.481 e. The van der Waals surface area contributed by atoms with Gasteiger partial charge in [0, 0.05) is 4.47 Å². The summed E-state index contributed by atoms with van der Waals surface area (Å²) in [5, 5.41) is 12.2. The largest absolute Gasteiger partial charge is 0.481 e. The molecule has 102 valence electrons. The molecule has 0 spiro atoms. The lowest BCUT2D eigenvalue weighted by Crippen LogP contribution is -2.18. The van der Waals surface area contributed by atoms with Gasteiger partial charge in [-0.1, -0.05) is 41.4 Å². The zero-order valence-electron chi connectivity index (χ0n) is 10.4. The molecule has 1 aliphatic rings. The average molecular weight is 347 g/mol. The summed E-state index contributed by atoms with van der Waals surface area (Å²) in [6, 6.07) is 5.11. The Balaban J connectivity index is 2.15. The van der Waals surface area contributed by atoms with Crippen molar-refractivity contribution in [3.63, 3.8) is 0 Å². The molecule has 1 aromatic rings. The number of rotatable bonds is 3. The summed E-state index contributed by atoms with van der Waals surface area (Å²) >= 11 is 9.28. The number of anilines is 1. The van der Waals surface area contributed by atoms with E-state index < -0.39 is 23.2 Å². The molecule has 1 saturated carbocycles. The summed E-state index contributed by atoms with van der Waals surface area (Å²) in [4.78, 5) is 23.2. The molecule has 0 radical (unpaired) electrons. The normalized spacial score (nSPS) is 23.8. The van der Waals surface area contributed by atoms with Crippen molar-refractivity contribution >= 4 is 45.1 Å². The fourth-order valence-corrected chi connectivity index (χ4v) is 2.92. The first-order chi connectivity index (χ1) is 8.75. The zero-order valence-corrected chi connectivity index (χ0v) is 12.7. The highest BCUT2D eigenvalue weighted by Gasteiger charge is 2.65. The van der Waals surface area contributed by atoms with Crippen molar-refractivity contribution in [3.8, 4) is 0 Å². The molecule has 0 saturated heterocycles. The maximum atomic E-state index is 12.1. The highest BCUT2D eigenvalue weighted by molar-refractivity contribution is 9.10. The SMILES string of the molecule is CC1(C)C(C(=O)O)C1C(=O)Nc1cc(Br)ccc1Cl. The van der Waals surface area contributed by atoms with Crippen LogP contribution in [0.5, 0.6) is 0 Å². The Bertz CT molecular complexity index is 559. The van der Waals surface area contributed by atoms with Crippen LogP contribution < -0.4 is 5.32 Å². The van der Waals surface area contributed by atoms with E-state index in [4.69, 9.17) is 16.7 Å². The van der Waals surface area contributed by atoms with Crippen LogP contribution in [0, 0.1) is 17.3 Å². The number of benzene rings is 1. The number of amides is 1. The highest BCUT2D eigenvalue weighted by atomic mass is 79.9. The summed E-state index contributed by atoms with van der Waals surface area (Å²) in [5.74, 6) is -2.42. The molecule has 19 heavy (non-hydrogen) atoms. The van der Waals surface area contributed by atoms with Crippen LogP contribution in [0.3, 0.4) is 0 Å². The maximum absolute atomic E-state index is 12.1. The fraction of sp³-hybridized carbons (Fsp3) is 0.385. The quantitative estimate of drug-likeness (QED) is 0.881. The Labute approximate surface area is 124 Å². The number of carbonyl (C=O) groups is 2. The number of hydrogen-bond acceptors (Lipinski definition) is 2. The van der Waals surface area contributed by atoms with Crippen LogP contribution in [-0.2, 0) is 9.59 Å². The van der Waals surface area contributed by atoms with E-state index in [-0.39, 0.29) is 5.91 Å². The minimum absolute atomic E-state index is 0.308. The molecule has 0 heterocycles. The monoisotopic (exact) mass is 345 g/mol. The Morgan fingerprint density at radius 1 is 1.37 bits per heavy atom. The number of aliphatic carboxylic acids is 1. The lowest BCUT2D eigenvalue weighted by atomic mass is 10.1. The van der Waals surface area contributed by atoms with Gasteiger partial charge < -0.3 is 10.4 Å². The number of carboxylic acid groups (broad SMARTS) is 1. The van der Waals surface area contributed by atoms with Gasteiger partial charge in [-0.15, -0.1) is 0 Å². The van der Waals surface area contributed by atoms with Crippen molar-refractivity contribution in [2.45, 2.75) is 13.8 Å². The van der Waals surface area contributed by atoms with Crippen molar-refractivity contribution < 1.29 is 14.7 Å². The van der Waals surface area contributed by atoms with Gasteiger partial charge in [-0.25, -0.2) is 0 Å². The van der Waals surface area contributed by atoms with Gasteiger partial charge in [-0.05, 0) is 23.6 Å². The topological polar surface area (TPSA) is 66.4 Å². The number of nitrogens with one attached hydrogen (secondary N) is 1. The molecule has 4 nitrogen and oxygen atoms in total. The predicted molar refractivity (Wildman–Crippen MR) is 76.2 cm³/mol. The van der Waals surface area contributed by atoms with Crippen molar-refractivity contribution in [3.05, 3.63) is 27.7 Å². The molecule has 0 bridgehead atoms. The summed E-state index contributed by atoms with van der Waals surface area (Å²) in [6.45, 7) is 3.55. The standard InChI is InChI=1S/C13H13BrClNO3/c1-13(2)9(10(13)12(18)19)11(17)16-8-5-6(14)3-4-7(8)15/h3-5,9-10H,1-2H3,(H,16,17)(H,18,19). The molecule has 0 aromatic heterocycles. The molecule has 1 aromatic carbocycles. The van der Waals surface area contributed by atoms with Crippen LogP contribution in [-0.4, -0.2) is 17.0 Å². The maximum Gasteiger partial charge on any atom is 0.307 e. The molecule has 0 aliphatic heterocycles. The average Bonchev–Trinajstić information content (AvgIpc) is 2.87. The van der Waals surface area contributed by atoms with Gasteiger partial charge >= 0.3 is 5.97 Å². The second kappa shape index (κ2) is 4.80. The summed E-state index contributed by atoms with van der Waals surface area (Å²) < 4.78 is 0.789. The third-order valence-corrected chi connectivity index (χ3v) is 4.38. The second-order valence-corrected chi connectivity index (χ2v) is 6.55. The first kappa shape index (κ1) is 14.3. The van der Waals surface area contributed by atoms with Crippen LogP contribution in [0.4, 0.5) is 5.69 Å². The van der Waals surface area contributed by atoms with Gasteiger partial charge in [-0.2, -0.15) is 0 Å². The molecule has 1 fully saturated rings. The minimum atomic E-state index is -0.939. The van der Waals surface area contributed by atoms with Gasteiger partial charge in [0.05, 0.1) is 22.5 Å². The zero-order chi connectivity index (χ0) is 14.4. The molecule has 1 aliphatic carbocycles. The van der Waals surface area contributed by atoms with E-state index in [0.29, 0.717) is 10.7 Å². The van der Waals surface area contributed by atoms with Gasteiger partial charge in [-0.3, -0.25) is 9.59 Å². The third kappa shape index (κ3) is 2.62. The van der Waals surface area contributed by atoms with Crippen molar-refractivity contribution in [2.75, 3.05) is 5.32 Å². The third-order valence-electron chi connectivity index (χ3n) is 3.56. The summed E-state index contributed by atoms with van der Waals surface area (Å²) in [6.07, 6.45) is 0. The Kier molecular flexibility index (Phi) is 3.62. The molecule has 2 unspecified atom stereocenters. The van der Waals surface area contributed by atoms with Crippen LogP contribution in [0.25, 0.3) is 0 Å². The highest BCUT2D eigenvalue weighted by Crippen LogP contribution is 2.58. The summed E-state index contributed by atoms with van der Waals surface area (Å²) in [7, 11) is 0. The summed E-state index contributed by atoms with van der Waals surface area (Å²) in [5.41, 5.74) is -0.0399. The van der Waals surface area contributed by atoms with Crippen LogP contribution in [0.2, 0.25) is 5.02 Å². The first-order valence-electron chi connectivity index (χ1n) is 5.74. The van der Waals surface area contributed by atoms with Crippen molar-refractivity contribution in [2.24, 2.45) is 17.3 Å². The van der Waals surface area contributed by atoms with Gasteiger partial charge in [0.2, 0.25) is 5.91 Å². The van der Waals surface area contributed by atoms with Gasteiger partial charge in [0.25, 0.3) is 0 Å². The van der Waals surface area contributed by atoms with E-state index in [1.807, 2.05) is 0 Å². The Hall–Kier alpha value is -1.07. The fourth-order valence-electron chi connectivity index (χ4n) is 2.39. The Morgan fingerprint density at radius 3 is 2.53 bits per heavy atom. The lowest BCUT2D eigenvalue weighted by molar-refractivity contribution is -0.140. The van der Waals surface area contributed by atoms with E-state index in [0.717, 1.165) is 4.47 Å². The van der Waals surface area contributed by atoms with Crippen LogP contribution in [0.1, 0.15) is 13.8 Å². The first-order valence-corrected chi connectivity index (χ1v) is 6.91. The van der Waals surface area contributed by atoms with Crippen molar-refractivity contribution in [1.29, 1.82) is 0 Å². The molecule has 2 atom stereocenters. The van der Waals surface area contributed by atoms with Crippen molar-refractivity contribution in [1.82, 2.24) is 0 Å². The van der Waals surface area contributed by atoms with Gasteiger partial charge in [0.15, 0.2) is 0 Å². The van der Waals surface area contributed by atoms with E-state index in [1.54, 1.807) is 32.0 Å². The van der Waals surface area contributed by atoms with E-state index in [2.05, 4.69) is 21.2 Å². The van der Waals surface area contributed by atoms with Gasteiger partial charge in [0.1, 0.15) is 0 Å². The van der Waals surface area contributed by atoms with E-state index >= 15 is 0 Å².